The van der Waals surface area contributed by atoms with Crippen LogP contribution in [0.3, 0.4) is 0 Å². The highest BCUT2D eigenvalue weighted by molar-refractivity contribution is 5.95. The molecular formula is C18H20N2O4. The lowest BCUT2D eigenvalue weighted by molar-refractivity contribution is 0.0955. The summed E-state index contributed by atoms with van der Waals surface area (Å²) in [6, 6.07) is 10.7. The number of aryl methyl sites for hydroxylation is 1. The maximum Gasteiger partial charge on any atom is 0.271 e. The van der Waals surface area contributed by atoms with Gasteiger partial charge in [-0.2, -0.15) is 5.10 Å². The summed E-state index contributed by atoms with van der Waals surface area (Å²) < 4.78 is 15.8. The summed E-state index contributed by atoms with van der Waals surface area (Å²) in [5, 5.41) is 3.97. The molecule has 126 valence electrons. The molecule has 0 aliphatic rings. The molecule has 1 N–H and O–H groups in total. The van der Waals surface area contributed by atoms with Gasteiger partial charge in [0.05, 0.1) is 27.5 Å². The normalized spacial score (nSPS) is 10.5. The fraction of sp³-hybridized carbons (Fsp3) is 0.222. The zero-order valence-electron chi connectivity index (χ0n) is 14.1. The highest BCUT2D eigenvalue weighted by Crippen LogP contribution is 2.37. The zero-order valence-corrected chi connectivity index (χ0v) is 14.1. The predicted molar refractivity (Wildman–Crippen MR) is 92.3 cm³/mol. The molecule has 0 aromatic heterocycles. The van der Waals surface area contributed by atoms with Gasteiger partial charge in [-0.05, 0) is 31.2 Å². The van der Waals surface area contributed by atoms with Crippen molar-refractivity contribution in [3.8, 4) is 17.2 Å². The van der Waals surface area contributed by atoms with Crippen LogP contribution >= 0.6 is 0 Å². The number of carbonyl (C=O) groups excluding carboxylic acids is 1. The molecule has 24 heavy (non-hydrogen) atoms. The number of hydrogen-bond acceptors (Lipinski definition) is 5. The number of nitrogens with zero attached hydrogens (tertiary/aromatic N) is 1. The maximum atomic E-state index is 12.0. The standard InChI is InChI=1S/C18H20N2O4/c1-12-5-7-14(8-6-12)18(21)20-19-11-13-9-15(22-2)17(24-4)16(10-13)23-3/h5-11H,1-4H3,(H,20,21)/b19-11-. The number of amides is 1. The summed E-state index contributed by atoms with van der Waals surface area (Å²) in [6.07, 6.45) is 1.51. The Hall–Kier alpha value is -3.02. The van der Waals surface area contributed by atoms with Gasteiger partial charge in [-0.15, -0.1) is 0 Å². The highest BCUT2D eigenvalue weighted by atomic mass is 16.5. The molecule has 2 aromatic rings. The van der Waals surface area contributed by atoms with Gasteiger partial charge in [-0.25, -0.2) is 5.43 Å². The number of nitrogens with one attached hydrogen (secondary N) is 1. The second kappa shape index (κ2) is 8.01. The van der Waals surface area contributed by atoms with Crippen molar-refractivity contribution in [1.82, 2.24) is 5.43 Å². The summed E-state index contributed by atoms with van der Waals surface area (Å²) in [4.78, 5) is 12.0. The molecule has 1 amide bonds. The Morgan fingerprint density at radius 1 is 1.00 bits per heavy atom. The van der Waals surface area contributed by atoms with E-state index in [1.54, 1.807) is 24.3 Å². The minimum atomic E-state index is -0.279. The molecule has 6 nitrogen and oxygen atoms in total. The Bertz CT molecular complexity index is 714. The largest absolute Gasteiger partial charge is 0.493 e. The first kappa shape index (κ1) is 17.3. The van der Waals surface area contributed by atoms with Crippen molar-refractivity contribution in [2.24, 2.45) is 5.10 Å². The van der Waals surface area contributed by atoms with Gasteiger partial charge in [-0.3, -0.25) is 4.79 Å². The van der Waals surface area contributed by atoms with Gasteiger partial charge in [0.25, 0.3) is 5.91 Å². The van der Waals surface area contributed by atoms with E-state index in [4.69, 9.17) is 14.2 Å². The van der Waals surface area contributed by atoms with Crippen molar-refractivity contribution in [3.05, 3.63) is 53.1 Å². The average Bonchev–Trinajstić information content (AvgIpc) is 2.61. The monoisotopic (exact) mass is 328 g/mol. The first-order valence-electron chi connectivity index (χ1n) is 7.29. The lowest BCUT2D eigenvalue weighted by atomic mass is 10.1. The van der Waals surface area contributed by atoms with Gasteiger partial charge in [0, 0.05) is 11.1 Å². The topological polar surface area (TPSA) is 69.2 Å². The van der Waals surface area contributed by atoms with Crippen LogP contribution in [0.2, 0.25) is 0 Å². The third-order valence-electron chi connectivity index (χ3n) is 3.38. The molecule has 2 aromatic carbocycles. The minimum Gasteiger partial charge on any atom is -0.493 e. The van der Waals surface area contributed by atoms with Gasteiger partial charge in [0.1, 0.15) is 0 Å². The Morgan fingerprint density at radius 2 is 1.58 bits per heavy atom. The number of carbonyl (C=O) groups is 1. The molecule has 0 unspecified atom stereocenters. The molecule has 0 atom stereocenters. The molecule has 0 aliphatic carbocycles. The Balaban J connectivity index is 2.14. The number of benzene rings is 2. The molecule has 0 fully saturated rings. The van der Waals surface area contributed by atoms with Gasteiger partial charge in [-0.1, -0.05) is 17.7 Å². The van der Waals surface area contributed by atoms with Crippen molar-refractivity contribution in [1.29, 1.82) is 0 Å². The van der Waals surface area contributed by atoms with E-state index < -0.39 is 0 Å². The number of methoxy groups -OCH3 is 3. The predicted octanol–water partition coefficient (Wildman–Crippen LogP) is 2.78. The lowest BCUT2D eigenvalue weighted by Crippen LogP contribution is -2.17. The van der Waals surface area contributed by atoms with Crippen LogP contribution in [0, 0.1) is 6.92 Å². The minimum absolute atomic E-state index is 0.279. The van der Waals surface area contributed by atoms with Crippen LogP contribution in [0.15, 0.2) is 41.5 Å². The first-order valence-corrected chi connectivity index (χ1v) is 7.29. The highest BCUT2D eigenvalue weighted by Gasteiger charge is 2.12. The van der Waals surface area contributed by atoms with E-state index in [-0.39, 0.29) is 5.91 Å². The molecule has 6 heteroatoms. The third kappa shape index (κ3) is 4.04. The lowest BCUT2D eigenvalue weighted by Gasteiger charge is -2.12. The van der Waals surface area contributed by atoms with E-state index in [1.807, 2.05) is 19.1 Å². The summed E-state index contributed by atoms with van der Waals surface area (Å²) in [7, 11) is 4.62. The van der Waals surface area contributed by atoms with E-state index in [1.165, 1.54) is 27.5 Å². The number of ether oxygens (including phenoxy) is 3. The third-order valence-corrected chi connectivity index (χ3v) is 3.38. The Morgan fingerprint density at radius 3 is 2.08 bits per heavy atom. The average molecular weight is 328 g/mol. The Kier molecular flexibility index (Phi) is 5.78. The van der Waals surface area contributed by atoms with Gasteiger partial charge < -0.3 is 14.2 Å². The summed E-state index contributed by atoms with van der Waals surface area (Å²) in [6.45, 7) is 1.96. The molecule has 0 aliphatic heterocycles. The molecule has 0 saturated carbocycles. The van der Waals surface area contributed by atoms with Crippen LogP contribution in [-0.4, -0.2) is 33.5 Å². The fourth-order valence-corrected chi connectivity index (χ4v) is 2.11. The van der Waals surface area contributed by atoms with Gasteiger partial charge >= 0.3 is 0 Å². The summed E-state index contributed by atoms with van der Waals surface area (Å²) in [5.74, 6) is 1.26. The molecular weight excluding hydrogens is 308 g/mol. The second-order valence-corrected chi connectivity index (χ2v) is 5.02. The van der Waals surface area contributed by atoms with E-state index >= 15 is 0 Å². The number of hydrogen-bond donors (Lipinski definition) is 1. The van der Waals surface area contributed by atoms with Gasteiger partial charge in [0.2, 0.25) is 5.75 Å². The Labute approximate surface area is 141 Å². The van der Waals surface area contributed by atoms with E-state index in [0.29, 0.717) is 28.4 Å². The van der Waals surface area contributed by atoms with Crippen LogP contribution < -0.4 is 19.6 Å². The molecule has 0 heterocycles. The van der Waals surface area contributed by atoms with E-state index in [9.17, 15) is 4.79 Å². The smallest absolute Gasteiger partial charge is 0.271 e. The SMILES string of the molecule is COc1cc(/C=N\NC(=O)c2ccc(C)cc2)cc(OC)c1OC. The van der Waals surface area contributed by atoms with E-state index in [0.717, 1.165) is 5.56 Å². The number of hydrazone groups is 1. The second-order valence-electron chi connectivity index (χ2n) is 5.02. The number of rotatable bonds is 6. The quantitative estimate of drug-likeness (QED) is 0.654. The molecule has 2 rings (SSSR count). The molecule has 0 bridgehead atoms. The van der Waals surface area contributed by atoms with Crippen molar-refractivity contribution in [2.45, 2.75) is 6.92 Å². The molecule has 0 spiro atoms. The van der Waals surface area contributed by atoms with Gasteiger partial charge in [0.15, 0.2) is 11.5 Å². The molecule has 0 radical (unpaired) electrons. The fourth-order valence-electron chi connectivity index (χ4n) is 2.11. The summed E-state index contributed by atoms with van der Waals surface area (Å²) >= 11 is 0. The van der Waals surface area contributed by atoms with Crippen LogP contribution in [0.25, 0.3) is 0 Å². The van der Waals surface area contributed by atoms with Crippen molar-refractivity contribution < 1.29 is 19.0 Å². The van der Waals surface area contributed by atoms with Crippen molar-refractivity contribution in [3.63, 3.8) is 0 Å². The van der Waals surface area contributed by atoms with Crippen LogP contribution in [0.5, 0.6) is 17.2 Å². The van der Waals surface area contributed by atoms with Crippen molar-refractivity contribution in [2.75, 3.05) is 21.3 Å². The van der Waals surface area contributed by atoms with Crippen molar-refractivity contribution >= 4 is 12.1 Å². The zero-order chi connectivity index (χ0) is 17.5. The maximum absolute atomic E-state index is 12.0. The summed E-state index contributed by atoms with van der Waals surface area (Å²) in [5.41, 5.74) is 4.82. The molecule has 0 saturated heterocycles. The van der Waals surface area contributed by atoms with Crippen LogP contribution in [-0.2, 0) is 0 Å². The van der Waals surface area contributed by atoms with E-state index in [2.05, 4.69) is 10.5 Å². The van der Waals surface area contributed by atoms with Crippen LogP contribution in [0.1, 0.15) is 21.5 Å². The first-order chi connectivity index (χ1) is 11.6. The van der Waals surface area contributed by atoms with Crippen LogP contribution in [0.4, 0.5) is 0 Å².